The molecule has 0 unspecified atom stereocenters. The molecule has 2 saturated heterocycles. The first-order valence-electron chi connectivity index (χ1n) is 10.3. The van der Waals surface area contributed by atoms with E-state index < -0.39 is 20.0 Å². The molecule has 1 N–H and O–H groups in total. The molecule has 1 aromatic carbocycles. The fraction of sp³-hybridized carbons (Fsp3) is 0.636. The minimum absolute atomic E-state index is 0.0548. The van der Waals surface area contributed by atoms with Crippen molar-refractivity contribution in [1.82, 2.24) is 0 Å². The van der Waals surface area contributed by atoms with Gasteiger partial charge in [0.1, 0.15) is 6.10 Å². The number of benzene rings is 1. The standard InChI is InChI=1S/C22H33IO5Si/c1-22(28-29(2,3)4)12-10-18-19(26-20(22)14-17(24)11-13-23)15-25-21(27-18)16-8-6-5-7-9-16/h5-9,11,13,17-21,24H,10,12,14-15H2,1-4H3/b13-11-/t17-,18+,19-,20+,21-,22-/m1/s1. The van der Waals surface area contributed by atoms with Gasteiger partial charge in [0.2, 0.25) is 0 Å². The Morgan fingerprint density at radius 1 is 1.24 bits per heavy atom. The smallest absolute Gasteiger partial charge is 0.184 e. The number of hydrogen-bond donors (Lipinski definition) is 1. The van der Waals surface area contributed by atoms with Crippen LogP contribution in [0.15, 0.2) is 40.5 Å². The molecular formula is C22H33IO5Si. The predicted octanol–water partition coefficient (Wildman–Crippen LogP) is 4.96. The maximum atomic E-state index is 10.4. The van der Waals surface area contributed by atoms with Gasteiger partial charge in [-0.3, -0.25) is 0 Å². The first kappa shape index (κ1) is 23.4. The fourth-order valence-corrected chi connectivity index (χ4v) is 6.30. The molecule has 2 heterocycles. The van der Waals surface area contributed by atoms with Crippen molar-refractivity contribution in [2.75, 3.05) is 6.61 Å². The highest BCUT2D eigenvalue weighted by Gasteiger charge is 2.47. The lowest BCUT2D eigenvalue weighted by molar-refractivity contribution is -0.273. The fourth-order valence-electron chi connectivity index (χ4n) is 4.19. The van der Waals surface area contributed by atoms with Crippen LogP contribution >= 0.6 is 22.6 Å². The molecule has 0 amide bonds. The maximum Gasteiger partial charge on any atom is 0.184 e. The Morgan fingerprint density at radius 2 is 1.97 bits per heavy atom. The van der Waals surface area contributed by atoms with E-state index in [4.69, 9.17) is 18.6 Å². The largest absolute Gasteiger partial charge is 0.410 e. The van der Waals surface area contributed by atoms with E-state index in [1.165, 1.54) is 0 Å². The van der Waals surface area contributed by atoms with Gasteiger partial charge < -0.3 is 23.7 Å². The number of hydrogen-bond acceptors (Lipinski definition) is 5. The third-order valence-electron chi connectivity index (χ3n) is 5.43. The van der Waals surface area contributed by atoms with Crippen molar-refractivity contribution in [3.05, 3.63) is 46.1 Å². The van der Waals surface area contributed by atoms with Crippen molar-refractivity contribution < 1.29 is 23.7 Å². The number of halogens is 1. The normalized spacial score (nSPS) is 34.6. The van der Waals surface area contributed by atoms with Gasteiger partial charge in [-0.1, -0.05) is 59.0 Å². The SMILES string of the molecule is C[C@@]1(O[Si](C)(C)C)CC[C@@H]2O[C@H](c3ccccc3)OC[C@H]2O[C@H]1C[C@H](O)/C=C\I. The summed E-state index contributed by atoms with van der Waals surface area (Å²) in [5, 5.41) is 10.4. The van der Waals surface area contributed by atoms with E-state index in [0.29, 0.717) is 13.0 Å². The molecule has 1 aromatic rings. The van der Waals surface area contributed by atoms with Crippen molar-refractivity contribution >= 4 is 30.9 Å². The Kier molecular flexibility index (Phi) is 7.97. The molecule has 0 aliphatic carbocycles. The summed E-state index contributed by atoms with van der Waals surface area (Å²) in [6.45, 7) is 9.18. The van der Waals surface area contributed by atoms with E-state index >= 15 is 0 Å². The average Bonchev–Trinajstić information content (AvgIpc) is 2.78. The zero-order valence-electron chi connectivity index (χ0n) is 17.7. The van der Waals surface area contributed by atoms with E-state index in [9.17, 15) is 5.11 Å². The third-order valence-corrected chi connectivity index (χ3v) is 6.93. The van der Waals surface area contributed by atoms with Gasteiger partial charge in [0.05, 0.1) is 30.5 Å². The summed E-state index contributed by atoms with van der Waals surface area (Å²) < 4.78 is 27.3. The Hall–Kier alpha value is -0.293. The Balaban J connectivity index is 1.78. The summed E-state index contributed by atoms with van der Waals surface area (Å²) in [6.07, 6.45) is 2.57. The lowest BCUT2D eigenvalue weighted by Crippen LogP contribution is -2.51. The molecule has 0 bridgehead atoms. The molecule has 0 aromatic heterocycles. The lowest BCUT2D eigenvalue weighted by Gasteiger charge is -2.42. The van der Waals surface area contributed by atoms with Crippen LogP contribution in [0.2, 0.25) is 19.6 Å². The molecule has 7 heteroatoms. The molecule has 0 spiro atoms. The number of rotatable bonds is 6. The molecule has 3 rings (SSSR count). The maximum absolute atomic E-state index is 10.4. The monoisotopic (exact) mass is 532 g/mol. The Labute approximate surface area is 189 Å². The second-order valence-corrected chi connectivity index (χ2v) is 14.2. The van der Waals surface area contributed by atoms with Gasteiger partial charge in [-0.25, -0.2) is 0 Å². The van der Waals surface area contributed by atoms with Crippen LogP contribution in [0, 0.1) is 0 Å². The van der Waals surface area contributed by atoms with E-state index in [2.05, 4.69) is 49.2 Å². The average molecular weight is 532 g/mol. The second kappa shape index (κ2) is 9.89. The van der Waals surface area contributed by atoms with Crippen LogP contribution in [-0.2, 0) is 18.6 Å². The number of aliphatic hydroxyl groups is 1. The lowest BCUT2D eigenvalue weighted by atomic mass is 9.89. The van der Waals surface area contributed by atoms with Crippen LogP contribution in [0.1, 0.15) is 38.0 Å². The summed E-state index contributed by atoms with van der Waals surface area (Å²) in [5.41, 5.74) is 0.559. The first-order valence-corrected chi connectivity index (χ1v) is 15.0. The van der Waals surface area contributed by atoms with Crippen LogP contribution in [0.25, 0.3) is 0 Å². The van der Waals surface area contributed by atoms with Crippen molar-refractivity contribution in [2.45, 2.75) is 82.1 Å². The van der Waals surface area contributed by atoms with E-state index in [0.717, 1.165) is 18.4 Å². The highest BCUT2D eigenvalue weighted by Crippen LogP contribution is 2.40. The molecule has 2 aliphatic heterocycles. The van der Waals surface area contributed by atoms with Crippen LogP contribution in [0.5, 0.6) is 0 Å². The minimum atomic E-state index is -1.82. The summed E-state index contributed by atoms with van der Waals surface area (Å²) in [7, 11) is -1.82. The third kappa shape index (κ3) is 6.35. The first-order chi connectivity index (χ1) is 13.7. The van der Waals surface area contributed by atoms with Gasteiger partial charge in [0, 0.05) is 12.0 Å². The van der Waals surface area contributed by atoms with Crippen LogP contribution < -0.4 is 0 Å². The Morgan fingerprint density at radius 3 is 2.62 bits per heavy atom. The summed E-state index contributed by atoms with van der Waals surface area (Å²) in [5.74, 6) is 0. The van der Waals surface area contributed by atoms with Gasteiger partial charge >= 0.3 is 0 Å². The molecule has 5 nitrogen and oxygen atoms in total. The number of aliphatic hydroxyl groups excluding tert-OH is 1. The molecule has 2 aliphatic rings. The van der Waals surface area contributed by atoms with Crippen LogP contribution in [0.4, 0.5) is 0 Å². The van der Waals surface area contributed by atoms with E-state index in [1.807, 2.05) is 34.4 Å². The van der Waals surface area contributed by atoms with Crippen LogP contribution in [0.3, 0.4) is 0 Å². The van der Waals surface area contributed by atoms with E-state index in [-0.39, 0.29) is 24.6 Å². The molecule has 29 heavy (non-hydrogen) atoms. The predicted molar refractivity (Wildman–Crippen MR) is 125 cm³/mol. The molecule has 6 atom stereocenters. The van der Waals surface area contributed by atoms with Gasteiger partial charge in [-0.2, -0.15) is 0 Å². The highest BCUT2D eigenvalue weighted by atomic mass is 127. The molecule has 0 radical (unpaired) electrons. The van der Waals surface area contributed by atoms with Crippen molar-refractivity contribution in [3.63, 3.8) is 0 Å². The van der Waals surface area contributed by atoms with Gasteiger partial charge in [-0.15, -0.1) is 0 Å². The van der Waals surface area contributed by atoms with E-state index in [1.54, 1.807) is 6.08 Å². The zero-order chi connectivity index (χ0) is 21.1. The second-order valence-electron chi connectivity index (χ2n) is 9.10. The highest BCUT2D eigenvalue weighted by molar-refractivity contribution is 14.1. The Bertz CT molecular complexity index is 680. The quantitative estimate of drug-likeness (QED) is 0.415. The van der Waals surface area contributed by atoms with Crippen LogP contribution in [-0.4, -0.2) is 50.0 Å². The summed E-state index contributed by atoms with van der Waals surface area (Å²) >= 11 is 2.13. The molecule has 2 fully saturated rings. The number of ether oxygens (including phenoxy) is 3. The molecule has 162 valence electrons. The summed E-state index contributed by atoms with van der Waals surface area (Å²) in [4.78, 5) is 0. The minimum Gasteiger partial charge on any atom is -0.410 e. The topological polar surface area (TPSA) is 57.2 Å². The summed E-state index contributed by atoms with van der Waals surface area (Å²) in [6, 6.07) is 10.0. The van der Waals surface area contributed by atoms with Crippen molar-refractivity contribution in [1.29, 1.82) is 0 Å². The zero-order valence-corrected chi connectivity index (χ0v) is 20.9. The van der Waals surface area contributed by atoms with Gasteiger partial charge in [0.15, 0.2) is 14.6 Å². The van der Waals surface area contributed by atoms with Gasteiger partial charge in [0.25, 0.3) is 0 Å². The van der Waals surface area contributed by atoms with Crippen molar-refractivity contribution in [3.8, 4) is 0 Å². The molecular weight excluding hydrogens is 499 g/mol. The van der Waals surface area contributed by atoms with Crippen molar-refractivity contribution in [2.24, 2.45) is 0 Å². The molecule has 0 saturated carbocycles. The van der Waals surface area contributed by atoms with Gasteiger partial charge in [-0.05, 0) is 43.5 Å². The number of fused-ring (bicyclic) bond motifs is 1.